The first kappa shape index (κ1) is 11.9. The van der Waals surface area contributed by atoms with Crippen molar-refractivity contribution in [2.24, 2.45) is 0 Å². The Morgan fingerprint density at radius 1 is 1.44 bits per heavy atom. The van der Waals surface area contributed by atoms with Crippen molar-refractivity contribution in [2.75, 3.05) is 11.9 Å². The Labute approximate surface area is 107 Å². The number of anilines is 1. The van der Waals surface area contributed by atoms with Crippen molar-refractivity contribution in [1.29, 1.82) is 0 Å². The van der Waals surface area contributed by atoms with Crippen molar-refractivity contribution in [3.8, 4) is 0 Å². The van der Waals surface area contributed by atoms with E-state index in [0.29, 0.717) is 0 Å². The average Bonchev–Trinajstić information content (AvgIpc) is 2.95. The van der Waals surface area contributed by atoms with Gasteiger partial charge in [0, 0.05) is 34.9 Å². The van der Waals surface area contributed by atoms with Gasteiger partial charge >= 0.3 is 0 Å². The molecule has 0 spiro atoms. The molecule has 16 heavy (non-hydrogen) atoms. The SMILES string of the molecule is CCCNc1ncc(CSc2nccs2)s1. The van der Waals surface area contributed by atoms with Crippen LogP contribution in [0.5, 0.6) is 0 Å². The number of nitrogens with one attached hydrogen (secondary N) is 1. The lowest BCUT2D eigenvalue weighted by Crippen LogP contribution is -1.97. The minimum Gasteiger partial charge on any atom is -0.362 e. The number of nitrogens with zero attached hydrogens (tertiary/aromatic N) is 2. The van der Waals surface area contributed by atoms with Crippen LogP contribution in [0.2, 0.25) is 0 Å². The van der Waals surface area contributed by atoms with E-state index in [-0.39, 0.29) is 0 Å². The molecule has 0 aliphatic carbocycles. The largest absolute Gasteiger partial charge is 0.362 e. The van der Waals surface area contributed by atoms with Gasteiger partial charge in [-0.2, -0.15) is 0 Å². The first-order valence-corrected chi connectivity index (χ1v) is 7.77. The molecule has 0 aromatic carbocycles. The highest BCUT2D eigenvalue weighted by Gasteiger charge is 2.03. The molecule has 0 saturated carbocycles. The number of hydrogen-bond donors (Lipinski definition) is 1. The zero-order chi connectivity index (χ0) is 11.2. The quantitative estimate of drug-likeness (QED) is 0.813. The van der Waals surface area contributed by atoms with E-state index in [0.717, 1.165) is 28.2 Å². The van der Waals surface area contributed by atoms with E-state index in [4.69, 9.17) is 0 Å². The number of hydrogen-bond acceptors (Lipinski definition) is 6. The van der Waals surface area contributed by atoms with E-state index in [1.807, 2.05) is 17.8 Å². The van der Waals surface area contributed by atoms with Gasteiger partial charge in [-0.3, -0.25) is 0 Å². The summed E-state index contributed by atoms with van der Waals surface area (Å²) in [4.78, 5) is 9.86. The maximum absolute atomic E-state index is 4.33. The van der Waals surface area contributed by atoms with E-state index in [9.17, 15) is 0 Å². The highest BCUT2D eigenvalue weighted by atomic mass is 32.2. The van der Waals surface area contributed by atoms with Crippen LogP contribution in [0.3, 0.4) is 0 Å². The lowest BCUT2D eigenvalue weighted by molar-refractivity contribution is 0.976. The fraction of sp³-hybridized carbons (Fsp3) is 0.400. The van der Waals surface area contributed by atoms with Gasteiger partial charge < -0.3 is 5.32 Å². The van der Waals surface area contributed by atoms with Crippen molar-refractivity contribution in [3.05, 3.63) is 22.7 Å². The number of aromatic nitrogens is 2. The lowest BCUT2D eigenvalue weighted by atomic mass is 10.5. The lowest BCUT2D eigenvalue weighted by Gasteiger charge is -1.96. The fourth-order valence-corrected chi connectivity index (χ4v) is 3.60. The zero-order valence-electron chi connectivity index (χ0n) is 8.97. The molecule has 0 bridgehead atoms. The van der Waals surface area contributed by atoms with Crippen molar-refractivity contribution in [1.82, 2.24) is 9.97 Å². The fourth-order valence-electron chi connectivity index (χ4n) is 1.10. The highest BCUT2D eigenvalue weighted by Crippen LogP contribution is 2.28. The molecule has 0 radical (unpaired) electrons. The van der Waals surface area contributed by atoms with E-state index < -0.39 is 0 Å². The normalized spacial score (nSPS) is 10.6. The smallest absolute Gasteiger partial charge is 0.182 e. The van der Waals surface area contributed by atoms with Crippen LogP contribution in [0.1, 0.15) is 18.2 Å². The summed E-state index contributed by atoms with van der Waals surface area (Å²) in [6.07, 6.45) is 4.92. The summed E-state index contributed by atoms with van der Waals surface area (Å²) in [5, 5.41) is 6.32. The Morgan fingerprint density at radius 3 is 3.12 bits per heavy atom. The molecular formula is C10H13N3S3. The summed E-state index contributed by atoms with van der Waals surface area (Å²) < 4.78 is 1.12. The van der Waals surface area contributed by atoms with Crippen LogP contribution in [0, 0.1) is 0 Å². The Balaban J connectivity index is 1.83. The standard InChI is InChI=1S/C10H13N3S3/c1-2-3-11-9-13-6-8(16-9)7-15-10-12-4-5-14-10/h4-6H,2-3,7H2,1H3,(H,11,13). The Hall–Kier alpha value is -0.590. The van der Waals surface area contributed by atoms with Gasteiger partial charge in [0.25, 0.3) is 0 Å². The Kier molecular flexibility index (Phi) is 4.62. The molecule has 2 aromatic heterocycles. The van der Waals surface area contributed by atoms with Gasteiger partial charge in [-0.15, -0.1) is 22.7 Å². The van der Waals surface area contributed by atoms with E-state index >= 15 is 0 Å². The third-order valence-electron chi connectivity index (χ3n) is 1.83. The van der Waals surface area contributed by atoms with Crippen LogP contribution in [0.15, 0.2) is 22.1 Å². The van der Waals surface area contributed by atoms with Gasteiger partial charge in [0.2, 0.25) is 0 Å². The molecule has 2 rings (SSSR count). The molecular weight excluding hydrogens is 258 g/mol. The number of thioether (sulfide) groups is 1. The summed E-state index contributed by atoms with van der Waals surface area (Å²) in [6, 6.07) is 0. The molecule has 2 aromatic rings. The van der Waals surface area contributed by atoms with Crippen LogP contribution in [0.4, 0.5) is 5.13 Å². The highest BCUT2D eigenvalue weighted by molar-refractivity contribution is 8.00. The summed E-state index contributed by atoms with van der Waals surface area (Å²) in [5.41, 5.74) is 0. The minimum atomic E-state index is 0.957. The van der Waals surface area contributed by atoms with Crippen LogP contribution < -0.4 is 5.32 Å². The van der Waals surface area contributed by atoms with Crippen molar-refractivity contribution in [2.45, 2.75) is 23.4 Å². The van der Waals surface area contributed by atoms with Gasteiger partial charge in [0.15, 0.2) is 5.13 Å². The maximum atomic E-state index is 4.33. The molecule has 86 valence electrons. The zero-order valence-corrected chi connectivity index (χ0v) is 11.4. The van der Waals surface area contributed by atoms with Crippen LogP contribution in [-0.4, -0.2) is 16.5 Å². The molecule has 0 aliphatic rings. The molecule has 0 unspecified atom stereocenters. The minimum absolute atomic E-state index is 0.957. The van der Waals surface area contributed by atoms with Crippen molar-refractivity contribution < 1.29 is 0 Å². The first-order chi connectivity index (χ1) is 7.88. The number of thiazole rings is 2. The van der Waals surface area contributed by atoms with Crippen molar-refractivity contribution in [3.63, 3.8) is 0 Å². The number of rotatable bonds is 6. The van der Waals surface area contributed by atoms with Gasteiger partial charge in [-0.1, -0.05) is 18.7 Å². The average molecular weight is 271 g/mol. The van der Waals surface area contributed by atoms with Crippen LogP contribution in [0.25, 0.3) is 0 Å². The van der Waals surface area contributed by atoms with E-state index in [2.05, 4.69) is 22.2 Å². The van der Waals surface area contributed by atoms with Crippen LogP contribution >= 0.6 is 34.4 Å². The Morgan fingerprint density at radius 2 is 2.38 bits per heavy atom. The van der Waals surface area contributed by atoms with E-state index in [1.165, 1.54) is 4.88 Å². The predicted molar refractivity (Wildman–Crippen MR) is 72.6 cm³/mol. The molecule has 0 saturated heterocycles. The van der Waals surface area contributed by atoms with Gasteiger partial charge in [0.1, 0.15) is 4.34 Å². The third-order valence-corrected chi connectivity index (χ3v) is 4.98. The summed E-state index contributed by atoms with van der Waals surface area (Å²) >= 11 is 5.18. The second-order valence-electron chi connectivity index (χ2n) is 3.15. The molecule has 2 heterocycles. The summed E-state index contributed by atoms with van der Waals surface area (Å²) in [5.74, 6) is 0.957. The Bertz CT molecular complexity index is 411. The van der Waals surface area contributed by atoms with E-state index in [1.54, 1.807) is 34.4 Å². The predicted octanol–water partition coefficient (Wildman–Crippen LogP) is 3.71. The second-order valence-corrected chi connectivity index (χ2v) is 6.38. The van der Waals surface area contributed by atoms with Crippen molar-refractivity contribution >= 4 is 39.6 Å². The first-order valence-electron chi connectivity index (χ1n) is 5.09. The van der Waals surface area contributed by atoms with Gasteiger partial charge in [-0.25, -0.2) is 9.97 Å². The van der Waals surface area contributed by atoms with Gasteiger partial charge in [0.05, 0.1) is 0 Å². The molecule has 0 aliphatic heterocycles. The third kappa shape index (κ3) is 3.47. The summed E-state index contributed by atoms with van der Waals surface area (Å²) in [7, 11) is 0. The maximum Gasteiger partial charge on any atom is 0.182 e. The summed E-state index contributed by atoms with van der Waals surface area (Å²) in [6.45, 7) is 3.15. The molecule has 0 amide bonds. The topological polar surface area (TPSA) is 37.8 Å². The monoisotopic (exact) mass is 271 g/mol. The van der Waals surface area contributed by atoms with Gasteiger partial charge in [-0.05, 0) is 6.42 Å². The molecule has 3 nitrogen and oxygen atoms in total. The molecule has 0 fully saturated rings. The molecule has 0 atom stereocenters. The molecule has 6 heteroatoms. The van der Waals surface area contributed by atoms with Crippen LogP contribution in [-0.2, 0) is 5.75 Å². The second kappa shape index (κ2) is 6.22. The molecule has 1 N–H and O–H groups in total.